The topological polar surface area (TPSA) is 38.9 Å². The summed E-state index contributed by atoms with van der Waals surface area (Å²) in [6.07, 6.45) is 2.33. The predicted molar refractivity (Wildman–Crippen MR) is 73.7 cm³/mol. The number of hydrogen-bond donors (Lipinski definition) is 1. The van der Waals surface area contributed by atoms with E-state index in [1.807, 2.05) is 25.1 Å². The van der Waals surface area contributed by atoms with Crippen molar-refractivity contribution < 1.29 is 4.39 Å². The maximum absolute atomic E-state index is 13.3. The van der Waals surface area contributed by atoms with Crippen LogP contribution in [0.5, 0.6) is 0 Å². The highest BCUT2D eigenvalue weighted by molar-refractivity contribution is 9.10. The van der Waals surface area contributed by atoms with Gasteiger partial charge in [0, 0.05) is 22.4 Å². The van der Waals surface area contributed by atoms with Crippen molar-refractivity contribution in [2.75, 3.05) is 0 Å². The molecule has 0 bridgehead atoms. The van der Waals surface area contributed by atoms with Gasteiger partial charge in [-0.25, -0.2) is 4.39 Å². The van der Waals surface area contributed by atoms with E-state index >= 15 is 0 Å². The highest BCUT2D eigenvalue weighted by atomic mass is 79.9. The van der Waals surface area contributed by atoms with Crippen LogP contribution < -0.4 is 5.73 Å². The van der Waals surface area contributed by atoms with Crippen LogP contribution in [0.1, 0.15) is 22.9 Å². The van der Waals surface area contributed by atoms with Crippen LogP contribution >= 0.6 is 15.9 Å². The zero-order valence-electron chi connectivity index (χ0n) is 10.0. The molecule has 2 nitrogen and oxygen atoms in total. The van der Waals surface area contributed by atoms with Crippen molar-refractivity contribution in [1.29, 1.82) is 0 Å². The minimum absolute atomic E-state index is 0.174. The van der Waals surface area contributed by atoms with Crippen LogP contribution in [-0.4, -0.2) is 4.98 Å². The summed E-state index contributed by atoms with van der Waals surface area (Å²) in [6, 6.07) is 8.48. The smallest absolute Gasteiger partial charge is 0.124 e. The van der Waals surface area contributed by atoms with E-state index in [0.717, 1.165) is 21.3 Å². The first-order chi connectivity index (χ1) is 8.56. The molecule has 0 saturated heterocycles. The molecule has 0 spiro atoms. The number of rotatable bonds is 3. The quantitative estimate of drug-likeness (QED) is 0.942. The third-order valence-corrected chi connectivity index (χ3v) is 3.28. The standard InChI is InChI=1S/C14H14BrFN2/c1-9-13(3-2-4-18-9)14(17)7-10-5-11(15)8-12(16)6-10/h2-6,8,14H,7,17H2,1H3. The lowest BCUT2D eigenvalue weighted by Crippen LogP contribution is -2.15. The molecular formula is C14H14BrFN2. The van der Waals surface area contributed by atoms with Gasteiger partial charge in [0.25, 0.3) is 0 Å². The largest absolute Gasteiger partial charge is 0.324 e. The molecule has 0 aliphatic carbocycles. The Kier molecular flexibility index (Phi) is 4.09. The summed E-state index contributed by atoms with van der Waals surface area (Å²) in [6.45, 7) is 1.93. The van der Waals surface area contributed by atoms with Gasteiger partial charge in [-0.05, 0) is 48.7 Å². The molecule has 1 unspecified atom stereocenters. The second-order valence-electron chi connectivity index (χ2n) is 4.27. The molecule has 0 aliphatic heterocycles. The molecule has 2 N–H and O–H groups in total. The molecule has 94 valence electrons. The lowest BCUT2D eigenvalue weighted by Gasteiger charge is -2.14. The molecule has 2 aromatic rings. The summed E-state index contributed by atoms with van der Waals surface area (Å²) in [4.78, 5) is 4.21. The first-order valence-electron chi connectivity index (χ1n) is 5.68. The number of aromatic nitrogens is 1. The average molecular weight is 309 g/mol. The molecule has 1 atom stereocenters. The second-order valence-corrected chi connectivity index (χ2v) is 5.18. The number of aryl methyl sites for hydroxylation is 1. The fourth-order valence-electron chi connectivity index (χ4n) is 1.98. The van der Waals surface area contributed by atoms with Crippen LogP contribution in [0.15, 0.2) is 41.0 Å². The summed E-state index contributed by atoms with van der Waals surface area (Å²) >= 11 is 3.28. The number of nitrogens with zero attached hydrogens (tertiary/aromatic N) is 1. The number of benzene rings is 1. The van der Waals surface area contributed by atoms with E-state index in [9.17, 15) is 4.39 Å². The van der Waals surface area contributed by atoms with Crippen molar-refractivity contribution in [3.05, 3.63) is 63.6 Å². The number of hydrogen-bond acceptors (Lipinski definition) is 2. The SMILES string of the molecule is Cc1ncccc1C(N)Cc1cc(F)cc(Br)c1. The number of nitrogens with two attached hydrogens (primary N) is 1. The van der Waals surface area contributed by atoms with Crippen molar-refractivity contribution in [1.82, 2.24) is 4.98 Å². The zero-order chi connectivity index (χ0) is 13.1. The Morgan fingerprint density at radius 2 is 2.17 bits per heavy atom. The van der Waals surface area contributed by atoms with Crippen LogP contribution in [0.4, 0.5) is 4.39 Å². The lowest BCUT2D eigenvalue weighted by atomic mass is 9.99. The first-order valence-corrected chi connectivity index (χ1v) is 6.47. The summed E-state index contributed by atoms with van der Waals surface area (Å²) in [5, 5.41) is 0. The van der Waals surface area contributed by atoms with Crippen molar-refractivity contribution in [3.8, 4) is 0 Å². The van der Waals surface area contributed by atoms with Gasteiger partial charge in [0.15, 0.2) is 0 Å². The van der Waals surface area contributed by atoms with E-state index in [2.05, 4.69) is 20.9 Å². The van der Waals surface area contributed by atoms with Gasteiger partial charge >= 0.3 is 0 Å². The normalized spacial score (nSPS) is 12.4. The van der Waals surface area contributed by atoms with E-state index in [0.29, 0.717) is 6.42 Å². The third kappa shape index (κ3) is 3.15. The van der Waals surface area contributed by atoms with E-state index < -0.39 is 0 Å². The summed E-state index contributed by atoms with van der Waals surface area (Å²) in [5.41, 5.74) is 8.94. The van der Waals surface area contributed by atoms with Crippen molar-refractivity contribution >= 4 is 15.9 Å². The molecule has 1 aromatic heterocycles. The monoisotopic (exact) mass is 308 g/mol. The van der Waals surface area contributed by atoms with Gasteiger partial charge in [-0.2, -0.15) is 0 Å². The van der Waals surface area contributed by atoms with Gasteiger partial charge in [-0.15, -0.1) is 0 Å². The summed E-state index contributed by atoms with van der Waals surface area (Å²) in [5.74, 6) is -0.255. The van der Waals surface area contributed by atoms with Crippen LogP contribution in [0.2, 0.25) is 0 Å². The van der Waals surface area contributed by atoms with Crippen LogP contribution in [0.25, 0.3) is 0 Å². The Morgan fingerprint density at radius 3 is 2.83 bits per heavy atom. The molecular weight excluding hydrogens is 295 g/mol. The maximum Gasteiger partial charge on any atom is 0.124 e. The third-order valence-electron chi connectivity index (χ3n) is 2.83. The molecule has 0 aliphatic rings. The van der Waals surface area contributed by atoms with Crippen molar-refractivity contribution in [2.24, 2.45) is 5.73 Å². The van der Waals surface area contributed by atoms with Crippen molar-refractivity contribution in [3.63, 3.8) is 0 Å². The van der Waals surface area contributed by atoms with Crippen LogP contribution in [0, 0.1) is 12.7 Å². The molecule has 0 amide bonds. The molecule has 18 heavy (non-hydrogen) atoms. The second kappa shape index (κ2) is 5.59. The molecule has 4 heteroatoms. The molecule has 2 rings (SSSR count). The Bertz CT molecular complexity index is 537. The first kappa shape index (κ1) is 13.2. The minimum Gasteiger partial charge on any atom is -0.324 e. The average Bonchev–Trinajstić information content (AvgIpc) is 2.27. The van der Waals surface area contributed by atoms with Crippen LogP contribution in [0.3, 0.4) is 0 Å². The van der Waals surface area contributed by atoms with Gasteiger partial charge in [0.1, 0.15) is 5.82 Å². The Labute approximate surface area is 114 Å². The molecule has 1 aromatic carbocycles. The Hall–Kier alpha value is -1.26. The summed E-state index contributed by atoms with van der Waals surface area (Å²) < 4.78 is 14.0. The summed E-state index contributed by atoms with van der Waals surface area (Å²) in [7, 11) is 0. The predicted octanol–water partition coefficient (Wildman–Crippen LogP) is 3.53. The van der Waals surface area contributed by atoms with Crippen LogP contribution in [-0.2, 0) is 6.42 Å². The van der Waals surface area contributed by atoms with E-state index in [1.54, 1.807) is 6.20 Å². The highest BCUT2D eigenvalue weighted by Gasteiger charge is 2.11. The molecule has 0 saturated carbocycles. The van der Waals surface area contributed by atoms with Crippen molar-refractivity contribution in [2.45, 2.75) is 19.4 Å². The fraction of sp³-hybridized carbons (Fsp3) is 0.214. The zero-order valence-corrected chi connectivity index (χ0v) is 11.6. The highest BCUT2D eigenvalue weighted by Crippen LogP contribution is 2.21. The maximum atomic E-state index is 13.3. The van der Waals surface area contributed by atoms with Gasteiger partial charge in [-0.1, -0.05) is 22.0 Å². The van der Waals surface area contributed by atoms with Gasteiger partial charge < -0.3 is 5.73 Å². The van der Waals surface area contributed by atoms with Gasteiger partial charge in [0.05, 0.1) is 0 Å². The Balaban J connectivity index is 2.21. The van der Waals surface area contributed by atoms with E-state index in [4.69, 9.17) is 5.73 Å². The Morgan fingerprint density at radius 1 is 1.39 bits per heavy atom. The van der Waals surface area contributed by atoms with E-state index in [1.165, 1.54) is 12.1 Å². The molecule has 1 heterocycles. The lowest BCUT2D eigenvalue weighted by molar-refractivity contribution is 0.620. The number of pyridine rings is 1. The number of halogens is 2. The van der Waals surface area contributed by atoms with Gasteiger partial charge in [0.2, 0.25) is 0 Å². The van der Waals surface area contributed by atoms with Gasteiger partial charge in [-0.3, -0.25) is 4.98 Å². The minimum atomic E-state index is -0.255. The fourth-order valence-corrected chi connectivity index (χ4v) is 2.49. The molecule has 0 radical (unpaired) electrons. The molecule has 0 fully saturated rings. The van der Waals surface area contributed by atoms with E-state index in [-0.39, 0.29) is 11.9 Å².